The minimum atomic E-state index is 0.520. The molecular formula is C17H27NO. The highest BCUT2D eigenvalue weighted by atomic mass is 16.5. The van der Waals surface area contributed by atoms with Gasteiger partial charge in [-0.1, -0.05) is 26.0 Å². The van der Waals surface area contributed by atoms with E-state index in [2.05, 4.69) is 37.4 Å². The minimum Gasteiger partial charge on any atom is -0.496 e. The minimum absolute atomic E-state index is 0.520. The average Bonchev–Trinajstić information content (AvgIpc) is 2.91. The number of rotatable bonds is 6. The number of benzene rings is 1. The lowest BCUT2D eigenvalue weighted by atomic mass is 9.96. The maximum atomic E-state index is 5.44. The van der Waals surface area contributed by atoms with E-state index in [1.807, 2.05) is 0 Å². The van der Waals surface area contributed by atoms with Gasteiger partial charge in [-0.2, -0.15) is 0 Å². The third-order valence-corrected chi connectivity index (χ3v) is 4.10. The fourth-order valence-corrected chi connectivity index (χ4v) is 2.95. The Kier molecular flexibility index (Phi) is 5.26. The summed E-state index contributed by atoms with van der Waals surface area (Å²) < 4.78 is 5.44. The summed E-state index contributed by atoms with van der Waals surface area (Å²) >= 11 is 0. The van der Waals surface area contributed by atoms with Crippen LogP contribution in [-0.4, -0.2) is 19.7 Å². The van der Waals surface area contributed by atoms with Crippen molar-refractivity contribution in [1.82, 2.24) is 5.32 Å². The molecule has 1 unspecified atom stereocenters. The van der Waals surface area contributed by atoms with Gasteiger partial charge in [0.25, 0.3) is 0 Å². The molecule has 106 valence electrons. The molecule has 2 rings (SSSR count). The second kappa shape index (κ2) is 6.95. The van der Waals surface area contributed by atoms with E-state index in [0.29, 0.717) is 5.92 Å². The van der Waals surface area contributed by atoms with Crippen molar-refractivity contribution in [3.63, 3.8) is 0 Å². The first-order valence-corrected chi connectivity index (χ1v) is 7.61. The fourth-order valence-electron chi connectivity index (χ4n) is 2.95. The zero-order valence-electron chi connectivity index (χ0n) is 12.5. The summed E-state index contributed by atoms with van der Waals surface area (Å²) in [5, 5.41) is 3.57. The van der Waals surface area contributed by atoms with Gasteiger partial charge in [-0.15, -0.1) is 0 Å². The number of hydrogen-bond acceptors (Lipinski definition) is 2. The normalized spacial score (nSPS) is 19.1. The molecule has 19 heavy (non-hydrogen) atoms. The van der Waals surface area contributed by atoms with Gasteiger partial charge < -0.3 is 10.1 Å². The lowest BCUT2D eigenvalue weighted by molar-refractivity contribution is 0.407. The molecule has 1 aromatic rings. The van der Waals surface area contributed by atoms with Crippen LogP contribution in [0.25, 0.3) is 0 Å². The molecule has 0 radical (unpaired) electrons. The van der Waals surface area contributed by atoms with Crippen molar-refractivity contribution in [2.45, 2.75) is 57.9 Å². The van der Waals surface area contributed by atoms with Crippen LogP contribution in [-0.2, 0) is 6.42 Å². The number of ether oxygens (including phenoxy) is 1. The lowest BCUT2D eigenvalue weighted by Gasteiger charge is -2.14. The van der Waals surface area contributed by atoms with E-state index in [1.165, 1.54) is 49.8 Å². The molecule has 0 aromatic heterocycles. The quantitative estimate of drug-likeness (QED) is 0.838. The summed E-state index contributed by atoms with van der Waals surface area (Å²) in [5.41, 5.74) is 2.78. The van der Waals surface area contributed by atoms with Gasteiger partial charge in [0.15, 0.2) is 0 Å². The van der Waals surface area contributed by atoms with Crippen molar-refractivity contribution < 1.29 is 4.74 Å². The van der Waals surface area contributed by atoms with Crippen LogP contribution in [0.5, 0.6) is 5.75 Å². The SMILES string of the molecule is COc1ccc(CCCC2CCCN2)cc1C(C)C. The maximum absolute atomic E-state index is 5.44. The fraction of sp³-hybridized carbons (Fsp3) is 0.647. The Labute approximate surface area is 117 Å². The Morgan fingerprint density at radius 3 is 2.84 bits per heavy atom. The summed E-state index contributed by atoms with van der Waals surface area (Å²) in [6, 6.07) is 7.43. The van der Waals surface area contributed by atoms with Crippen LogP contribution in [0.3, 0.4) is 0 Å². The van der Waals surface area contributed by atoms with Gasteiger partial charge in [-0.3, -0.25) is 0 Å². The van der Waals surface area contributed by atoms with Gasteiger partial charge in [0.2, 0.25) is 0 Å². The van der Waals surface area contributed by atoms with E-state index in [-0.39, 0.29) is 0 Å². The molecule has 0 bridgehead atoms. The average molecular weight is 261 g/mol. The van der Waals surface area contributed by atoms with E-state index in [4.69, 9.17) is 4.74 Å². The Morgan fingerprint density at radius 2 is 2.21 bits per heavy atom. The highest BCUT2D eigenvalue weighted by Crippen LogP contribution is 2.28. The van der Waals surface area contributed by atoms with Crippen molar-refractivity contribution in [2.24, 2.45) is 0 Å². The van der Waals surface area contributed by atoms with Crippen molar-refractivity contribution in [2.75, 3.05) is 13.7 Å². The third kappa shape index (κ3) is 3.97. The van der Waals surface area contributed by atoms with Gasteiger partial charge in [-0.25, -0.2) is 0 Å². The molecule has 1 saturated heterocycles. The first-order chi connectivity index (χ1) is 9.20. The van der Waals surface area contributed by atoms with Crippen LogP contribution in [0.2, 0.25) is 0 Å². The summed E-state index contributed by atoms with van der Waals surface area (Å²) in [5.74, 6) is 1.54. The molecule has 1 heterocycles. The predicted molar refractivity (Wildman–Crippen MR) is 81.0 cm³/mol. The van der Waals surface area contributed by atoms with Crippen LogP contribution >= 0.6 is 0 Å². The van der Waals surface area contributed by atoms with Gasteiger partial charge in [0.05, 0.1) is 7.11 Å². The molecule has 1 aliphatic heterocycles. The van der Waals surface area contributed by atoms with E-state index in [1.54, 1.807) is 7.11 Å². The second-order valence-corrected chi connectivity index (χ2v) is 5.92. The molecule has 1 fully saturated rings. The Morgan fingerprint density at radius 1 is 1.37 bits per heavy atom. The Balaban J connectivity index is 1.90. The van der Waals surface area contributed by atoms with Crippen LogP contribution in [0.1, 0.15) is 56.6 Å². The number of aryl methyl sites for hydroxylation is 1. The van der Waals surface area contributed by atoms with Crippen molar-refractivity contribution >= 4 is 0 Å². The number of hydrogen-bond donors (Lipinski definition) is 1. The summed E-state index contributed by atoms with van der Waals surface area (Å²) in [6.07, 6.45) is 6.48. The molecular weight excluding hydrogens is 234 g/mol. The molecule has 0 aliphatic carbocycles. The molecule has 0 amide bonds. The highest BCUT2D eigenvalue weighted by molar-refractivity contribution is 5.39. The smallest absolute Gasteiger partial charge is 0.122 e. The molecule has 1 aromatic carbocycles. The van der Waals surface area contributed by atoms with Crippen LogP contribution in [0.4, 0.5) is 0 Å². The van der Waals surface area contributed by atoms with Gasteiger partial charge >= 0.3 is 0 Å². The van der Waals surface area contributed by atoms with Crippen molar-refractivity contribution in [3.05, 3.63) is 29.3 Å². The molecule has 1 atom stereocenters. The van der Waals surface area contributed by atoms with Crippen molar-refractivity contribution in [3.8, 4) is 5.75 Å². The highest BCUT2D eigenvalue weighted by Gasteiger charge is 2.13. The molecule has 2 nitrogen and oxygen atoms in total. The zero-order valence-corrected chi connectivity index (χ0v) is 12.5. The Hall–Kier alpha value is -1.02. The Bertz CT molecular complexity index is 394. The van der Waals surface area contributed by atoms with E-state index in [9.17, 15) is 0 Å². The number of nitrogens with one attached hydrogen (secondary N) is 1. The monoisotopic (exact) mass is 261 g/mol. The first kappa shape index (κ1) is 14.4. The topological polar surface area (TPSA) is 21.3 Å². The molecule has 1 N–H and O–H groups in total. The molecule has 0 saturated carbocycles. The largest absolute Gasteiger partial charge is 0.496 e. The van der Waals surface area contributed by atoms with Crippen LogP contribution in [0, 0.1) is 0 Å². The summed E-state index contributed by atoms with van der Waals surface area (Å²) in [7, 11) is 1.76. The summed E-state index contributed by atoms with van der Waals surface area (Å²) in [4.78, 5) is 0. The van der Waals surface area contributed by atoms with E-state index < -0.39 is 0 Å². The van der Waals surface area contributed by atoms with Crippen molar-refractivity contribution in [1.29, 1.82) is 0 Å². The first-order valence-electron chi connectivity index (χ1n) is 7.61. The standard InChI is InChI=1S/C17H27NO/c1-13(2)16-12-14(9-10-17(16)19-3)6-4-7-15-8-5-11-18-15/h9-10,12-13,15,18H,4-8,11H2,1-3H3. The maximum Gasteiger partial charge on any atom is 0.122 e. The predicted octanol–water partition coefficient (Wildman–Crippen LogP) is 3.89. The van der Waals surface area contributed by atoms with E-state index in [0.717, 1.165) is 11.8 Å². The molecule has 1 aliphatic rings. The van der Waals surface area contributed by atoms with Crippen LogP contribution in [0.15, 0.2) is 18.2 Å². The molecule has 0 spiro atoms. The lowest BCUT2D eigenvalue weighted by Crippen LogP contribution is -2.21. The van der Waals surface area contributed by atoms with Gasteiger partial charge in [0, 0.05) is 6.04 Å². The second-order valence-electron chi connectivity index (χ2n) is 5.92. The number of methoxy groups -OCH3 is 1. The van der Waals surface area contributed by atoms with Gasteiger partial charge in [-0.05, 0) is 61.8 Å². The molecule has 2 heteroatoms. The van der Waals surface area contributed by atoms with Crippen LogP contribution < -0.4 is 10.1 Å². The third-order valence-electron chi connectivity index (χ3n) is 4.10. The van der Waals surface area contributed by atoms with E-state index >= 15 is 0 Å². The summed E-state index contributed by atoms with van der Waals surface area (Å²) in [6.45, 7) is 5.67. The zero-order chi connectivity index (χ0) is 13.7. The van der Waals surface area contributed by atoms with Gasteiger partial charge in [0.1, 0.15) is 5.75 Å².